The minimum Gasteiger partial charge on any atom is -0.383 e. The highest BCUT2D eigenvalue weighted by atomic mass is 35.5. The normalized spacial score (nSPS) is 12.0. The number of amidine groups is 1. The van der Waals surface area contributed by atoms with E-state index in [1.807, 2.05) is 35.7 Å². The third kappa shape index (κ3) is 7.00. The Hall–Kier alpha value is -1.85. The number of thiophene rings is 1. The maximum absolute atomic E-state index is 6.03. The van der Waals surface area contributed by atoms with Crippen LogP contribution in [0, 0.1) is 0 Å². The van der Waals surface area contributed by atoms with Gasteiger partial charge in [-0.1, -0.05) is 48.5 Å². The van der Waals surface area contributed by atoms with E-state index in [0.29, 0.717) is 11.9 Å². The van der Waals surface area contributed by atoms with Crippen LogP contribution in [-0.2, 0) is 6.42 Å². The van der Waals surface area contributed by atoms with Crippen molar-refractivity contribution in [2.45, 2.75) is 19.4 Å². The molecule has 3 N–H and O–H groups in total. The van der Waals surface area contributed by atoms with Crippen molar-refractivity contribution in [1.29, 1.82) is 0 Å². The molecular formula is C21H25Cl2N3S. The first kappa shape index (κ1) is 23.2. The minimum atomic E-state index is 0. The van der Waals surface area contributed by atoms with Crippen molar-refractivity contribution in [3.63, 3.8) is 0 Å². The van der Waals surface area contributed by atoms with Gasteiger partial charge in [-0.25, -0.2) is 4.99 Å². The number of rotatable bonds is 7. The Kier molecular flexibility index (Phi) is 10.1. The second-order valence-electron chi connectivity index (χ2n) is 5.98. The van der Waals surface area contributed by atoms with E-state index in [4.69, 9.17) is 5.73 Å². The van der Waals surface area contributed by atoms with Gasteiger partial charge < -0.3 is 11.1 Å². The molecule has 0 saturated heterocycles. The first-order valence-corrected chi connectivity index (χ1v) is 9.35. The van der Waals surface area contributed by atoms with Crippen molar-refractivity contribution in [2.24, 2.45) is 10.7 Å². The fourth-order valence-corrected chi connectivity index (χ4v) is 3.28. The maximum atomic E-state index is 6.03. The highest BCUT2D eigenvalue weighted by molar-refractivity contribution is 7.12. The molecule has 0 fully saturated rings. The van der Waals surface area contributed by atoms with Crippen molar-refractivity contribution in [3.05, 3.63) is 88.1 Å². The smallest absolute Gasteiger partial charge is 0.141 e. The van der Waals surface area contributed by atoms with Crippen LogP contribution in [-0.4, -0.2) is 12.4 Å². The Bertz CT molecular complexity index is 803. The second kappa shape index (κ2) is 11.8. The lowest BCUT2D eigenvalue weighted by molar-refractivity contribution is 0.577. The molecule has 0 unspecified atom stereocenters. The summed E-state index contributed by atoms with van der Waals surface area (Å²) in [4.78, 5) is 5.48. The fourth-order valence-electron chi connectivity index (χ4n) is 2.65. The van der Waals surface area contributed by atoms with Gasteiger partial charge in [-0.3, -0.25) is 0 Å². The molecule has 1 atom stereocenters. The van der Waals surface area contributed by atoms with Crippen LogP contribution in [0.25, 0.3) is 0 Å². The summed E-state index contributed by atoms with van der Waals surface area (Å²) in [5.74, 6) is 0.570. The Morgan fingerprint density at radius 3 is 2.33 bits per heavy atom. The molecule has 0 aliphatic carbocycles. The van der Waals surface area contributed by atoms with E-state index in [1.165, 1.54) is 11.1 Å². The summed E-state index contributed by atoms with van der Waals surface area (Å²) in [6.07, 6.45) is 0.988. The minimum absolute atomic E-state index is 0. The molecule has 0 aliphatic heterocycles. The van der Waals surface area contributed by atoms with E-state index in [0.717, 1.165) is 23.5 Å². The quantitative estimate of drug-likeness (QED) is 0.389. The first-order valence-electron chi connectivity index (χ1n) is 8.47. The van der Waals surface area contributed by atoms with Gasteiger partial charge in [-0.05, 0) is 54.6 Å². The molecule has 2 aromatic carbocycles. The molecular weight excluding hydrogens is 397 g/mol. The van der Waals surface area contributed by atoms with Crippen molar-refractivity contribution in [3.8, 4) is 0 Å². The molecule has 3 nitrogen and oxygen atoms in total. The zero-order valence-electron chi connectivity index (χ0n) is 15.2. The number of aliphatic imine (C=N–C) groups is 1. The zero-order valence-corrected chi connectivity index (χ0v) is 17.6. The number of nitrogens with one attached hydrogen (secondary N) is 1. The Morgan fingerprint density at radius 2 is 1.70 bits per heavy atom. The molecule has 3 rings (SSSR count). The van der Waals surface area contributed by atoms with Gasteiger partial charge in [0.1, 0.15) is 5.84 Å². The molecule has 1 heterocycles. The molecule has 1 aromatic heterocycles. The molecule has 0 amide bonds. The fraction of sp³-hybridized carbons (Fsp3) is 0.190. The monoisotopic (exact) mass is 421 g/mol. The van der Waals surface area contributed by atoms with Crippen LogP contribution in [0.1, 0.15) is 29.0 Å². The maximum Gasteiger partial charge on any atom is 0.141 e. The van der Waals surface area contributed by atoms with Crippen molar-refractivity contribution in [1.82, 2.24) is 5.32 Å². The predicted octanol–water partition coefficient (Wildman–Crippen LogP) is 5.52. The summed E-state index contributed by atoms with van der Waals surface area (Å²) >= 11 is 1.60. The highest BCUT2D eigenvalue weighted by Crippen LogP contribution is 2.17. The Balaban J connectivity index is 0.00000182. The molecule has 0 saturated carbocycles. The predicted molar refractivity (Wildman–Crippen MR) is 122 cm³/mol. The van der Waals surface area contributed by atoms with Gasteiger partial charge in [0, 0.05) is 6.04 Å². The number of benzene rings is 2. The lowest BCUT2D eigenvalue weighted by Gasteiger charge is -2.14. The third-order valence-corrected chi connectivity index (χ3v) is 5.02. The lowest BCUT2D eigenvalue weighted by atomic mass is 10.1. The third-order valence-electron chi connectivity index (χ3n) is 4.12. The van der Waals surface area contributed by atoms with Gasteiger partial charge in [0.25, 0.3) is 0 Å². The van der Waals surface area contributed by atoms with Gasteiger partial charge in [-0.2, -0.15) is 0 Å². The molecule has 0 radical (unpaired) electrons. The van der Waals surface area contributed by atoms with E-state index in [2.05, 4.69) is 53.6 Å². The van der Waals surface area contributed by atoms with Crippen LogP contribution in [0.2, 0.25) is 0 Å². The molecule has 144 valence electrons. The van der Waals surface area contributed by atoms with E-state index in [1.54, 1.807) is 11.3 Å². The molecule has 0 aliphatic rings. The van der Waals surface area contributed by atoms with Gasteiger partial charge in [0.05, 0.1) is 10.6 Å². The van der Waals surface area contributed by atoms with Crippen LogP contribution in [0.3, 0.4) is 0 Å². The van der Waals surface area contributed by atoms with Gasteiger partial charge in [-0.15, -0.1) is 36.2 Å². The van der Waals surface area contributed by atoms with Crippen LogP contribution in [0.4, 0.5) is 5.69 Å². The van der Waals surface area contributed by atoms with E-state index >= 15 is 0 Å². The van der Waals surface area contributed by atoms with Gasteiger partial charge >= 0.3 is 0 Å². The summed E-state index contributed by atoms with van der Waals surface area (Å²) in [5, 5.41) is 5.57. The SMILES string of the molecule is C[C@H](NCCc1ccc(N=C(N)c2cccs2)cc1)c1ccccc1.Cl.Cl. The molecule has 6 heteroatoms. The van der Waals surface area contributed by atoms with E-state index in [-0.39, 0.29) is 24.8 Å². The lowest BCUT2D eigenvalue weighted by Crippen LogP contribution is -2.21. The number of nitrogens with two attached hydrogens (primary N) is 1. The van der Waals surface area contributed by atoms with Crippen LogP contribution in [0.5, 0.6) is 0 Å². The van der Waals surface area contributed by atoms with E-state index < -0.39 is 0 Å². The average molecular weight is 422 g/mol. The summed E-state index contributed by atoms with van der Waals surface area (Å²) in [6.45, 7) is 3.14. The summed E-state index contributed by atoms with van der Waals surface area (Å²) in [5.41, 5.74) is 9.53. The molecule has 0 spiro atoms. The number of hydrogen-bond acceptors (Lipinski definition) is 3. The average Bonchev–Trinajstić information content (AvgIpc) is 3.19. The number of nitrogens with zero attached hydrogens (tertiary/aromatic N) is 1. The van der Waals surface area contributed by atoms with Crippen LogP contribution < -0.4 is 11.1 Å². The van der Waals surface area contributed by atoms with Gasteiger partial charge in [0.15, 0.2) is 0 Å². The van der Waals surface area contributed by atoms with Crippen LogP contribution in [0.15, 0.2) is 77.1 Å². The first-order chi connectivity index (χ1) is 12.2. The summed E-state index contributed by atoms with van der Waals surface area (Å²) in [6, 6.07) is 23.1. The summed E-state index contributed by atoms with van der Waals surface area (Å²) in [7, 11) is 0. The molecule has 0 bridgehead atoms. The van der Waals surface area contributed by atoms with Crippen molar-refractivity contribution >= 4 is 47.7 Å². The van der Waals surface area contributed by atoms with Crippen molar-refractivity contribution < 1.29 is 0 Å². The number of halogens is 2. The van der Waals surface area contributed by atoms with Crippen molar-refractivity contribution in [2.75, 3.05) is 6.54 Å². The second-order valence-corrected chi connectivity index (χ2v) is 6.92. The molecule has 27 heavy (non-hydrogen) atoms. The summed E-state index contributed by atoms with van der Waals surface area (Å²) < 4.78 is 0. The Labute approximate surface area is 177 Å². The topological polar surface area (TPSA) is 50.4 Å². The largest absolute Gasteiger partial charge is 0.383 e. The zero-order chi connectivity index (χ0) is 17.5. The van der Waals surface area contributed by atoms with E-state index in [9.17, 15) is 0 Å². The molecule has 3 aromatic rings. The van der Waals surface area contributed by atoms with Gasteiger partial charge in [0.2, 0.25) is 0 Å². The standard InChI is InChI=1S/C21H23N3S.2ClH/c1-16(18-6-3-2-4-7-18)23-14-13-17-9-11-19(12-10-17)24-21(22)20-8-5-15-25-20;;/h2-12,15-16,23H,13-14H2,1H3,(H2,22,24);2*1H/t16-;;/m0../s1. The highest BCUT2D eigenvalue weighted by Gasteiger charge is 2.04. The Morgan fingerprint density at radius 1 is 1.00 bits per heavy atom. The number of hydrogen-bond donors (Lipinski definition) is 2. The van der Waals surface area contributed by atoms with Crippen LogP contribution >= 0.6 is 36.2 Å².